The van der Waals surface area contributed by atoms with Crippen molar-refractivity contribution in [3.05, 3.63) is 46.1 Å². The largest absolute Gasteiger partial charge is 0.378 e. The van der Waals surface area contributed by atoms with Gasteiger partial charge in [0.15, 0.2) is 0 Å². The van der Waals surface area contributed by atoms with Gasteiger partial charge in [0.2, 0.25) is 0 Å². The van der Waals surface area contributed by atoms with E-state index < -0.39 is 0 Å². The Bertz CT molecular complexity index is 548. The van der Waals surface area contributed by atoms with Crippen molar-refractivity contribution in [3.8, 4) is 0 Å². The number of nitrogens with one attached hydrogen (secondary N) is 1. The highest BCUT2D eigenvalue weighted by Gasteiger charge is 2.11. The maximum absolute atomic E-state index is 5.16. The standard InChI is InChI=1S/C13H15BrN4O/c1-15-13-12(14)10(8-19-2)17-11(18-13)7-9-3-5-16-6-4-9/h3-6H,7-8H2,1-2H3,(H,15,17,18). The number of halogens is 1. The van der Waals surface area contributed by atoms with E-state index in [9.17, 15) is 0 Å². The van der Waals surface area contributed by atoms with Gasteiger partial charge in [-0.1, -0.05) is 0 Å². The summed E-state index contributed by atoms with van der Waals surface area (Å²) >= 11 is 3.48. The van der Waals surface area contributed by atoms with E-state index in [1.165, 1.54) is 0 Å². The minimum Gasteiger partial charge on any atom is -0.378 e. The summed E-state index contributed by atoms with van der Waals surface area (Å²) in [5, 5.41) is 3.05. The van der Waals surface area contributed by atoms with Crippen LogP contribution in [0.2, 0.25) is 0 Å². The predicted molar refractivity (Wildman–Crippen MR) is 77.0 cm³/mol. The quantitative estimate of drug-likeness (QED) is 0.916. The molecule has 0 aliphatic rings. The zero-order valence-corrected chi connectivity index (χ0v) is 12.4. The molecular weight excluding hydrogens is 308 g/mol. The minimum absolute atomic E-state index is 0.446. The molecule has 19 heavy (non-hydrogen) atoms. The summed E-state index contributed by atoms with van der Waals surface area (Å²) in [7, 11) is 3.48. The van der Waals surface area contributed by atoms with Crippen molar-refractivity contribution in [1.82, 2.24) is 15.0 Å². The molecule has 100 valence electrons. The zero-order chi connectivity index (χ0) is 13.7. The molecule has 0 bridgehead atoms. The lowest BCUT2D eigenvalue weighted by molar-refractivity contribution is 0.180. The third kappa shape index (κ3) is 3.48. The SMILES string of the molecule is CNc1nc(Cc2ccncc2)nc(COC)c1Br. The Morgan fingerprint density at radius 1 is 1.26 bits per heavy atom. The summed E-state index contributed by atoms with van der Waals surface area (Å²) in [6.07, 6.45) is 4.20. The van der Waals surface area contributed by atoms with Crippen molar-refractivity contribution in [1.29, 1.82) is 0 Å². The first kappa shape index (κ1) is 13.9. The second-order valence-electron chi connectivity index (χ2n) is 3.96. The molecule has 0 amide bonds. The molecule has 2 heterocycles. The van der Waals surface area contributed by atoms with E-state index in [1.54, 1.807) is 19.5 Å². The molecule has 0 fully saturated rings. The molecular formula is C13H15BrN4O. The maximum Gasteiger partial charge on any atom is 0.144 e. The van der Waals surface area contributed by atoms with Crippen LogP contribution in [0.1, 0.15) is 17.1 Å². The highest BCUT2D eigenvalue weighted by atomic mass is 79.9. The van der Waals surface area contributed by atoms with Crippen LogP contribution in [0.4, 0.5) is 5.82 Å². The summed E-state index contributed by atoms with van der Waals surface area (Å²) < 4.78 is 6.00. The maximum atomic E-state index is 5.16. The molecule has 6 heteroatoms. The minimum atomic E-state index is 0.446. The van der Waals surface area contributed by atoms with Gasteiger partial charge in [0.05, 0.1) is 16.8 Å². The van der Waals surface area contributed by atoms with Gasteiger partial charge in [-0.05, 0) is 33.6 Å². The lowest BCUT2D eigenvalue weighted by Gasteiger charge is -2.10. The summed E-state index contributed by atoms with van der Waals surface area (Å²) in [4.78, 5) is 13.0. The van der Waals surface area contributed by atoms with Crippen molar-refractivity contribution in [2.45, 2.75) is 13.0 Å². The topological polar surface area (TPSA) is 59.9 Å². The lowest BCUT2D eigenvalue weighted by atomic mass is 10.2. The van der Waals surface area contributed by atoms with E-state index in [1.807, 2.05) is 19.2 Å². The number of ether oxygens (including phenoxy) is 1. The van der Waals surface area contributed by atoms with Crippen molar-refractivity contribution in [2.75, 3.05) is 19.5 Å². The molecule has 0 radical (unpaired) electrons. The van der Waals surface area contributed by atoms with Crippen molar-refractivity contribution in [3.63, 3.8) is 0 Å². The number of pyridine rings is 1. The molecule has 2 aromatic heterocycles. The van der Waals surface area contributed by atoms with Crippen LogP contribution in [0.3, 0.4) is 0 Å². The molecule has 0 unspecified atom stereocenters. The Balaban J connectivity index is 2.32. The van der Waals surface area contributed by atoms with Gasteiger partial charge in [-0.2, -0.15) is 0 Å². The van der Waals surface area contributed by atoms with E-state index >= 15 is 0 Å². The van der Waals surface area contributed by atoms with Crippen LogP contribution in [0.25, 0.3) is 0 Å². The number of hydrogen-bond acceptors (Lipinski definition) is 5. The Morgan fingerprint density at radius 2 is 2.00 bits per heavy atom. The van der Waals surface area contributed by atoms with E-state index in [0.29, 0.717) is 13.0 Å². The number of nitrogens with zero attached hydrogens (tertiary/aromatic N) is 3. The summed E-state index contributed by atoms with van der Waals surface area (Å²) in [6.45, 7) is 0.446. The molecule has 0 aliphatic carbocycles. The van der Waals surface area contributed by atoms with Gasteiger partial charge in [-0.15, -0.1) is 0 Å². The van der Waals surface area contributed by atoms with Gasteiger partial charge in [-0.25, -0.2) is 9.97 Å². The van der Waals surface area contributed by atoms with Gasteiger partial charge >= 0.3 is 0 Å². The van der Waals surface area contributed by atoms with Crippen LogP contribution in [-0.2, 0) is 17.8 Å². The molecule has 2 aromatic rings. The van der Waals surface area contributed by atoms with Gasteiger partial charge in [0.25, 0.3) is 0 Å². The van der Waals surface area contributed by atoms with E-state index in [0.717, 1.165) is 27.4 Å². The summed E-state index contributed by atoms with van der Waals surface area (Å²) in [5.74, 6) is 1.52. The first-order chi connectivity index (χ1) is 9.24. The molecule has 0 spiro atoms. The first-order valence-corrected chi connectivity index (χ1v) is 6.64. The van der Waals surface area contributed by atoms with E-state index in [-0.39, 0.29) is 0 Å². The third-order valence-corrected chi connectivity index (χ3v) is 3.43. The van der Waals surface area contributed by atoms with Crippen LogP contribution in [-0.4, -0.2) is 29.1 Å². The van der Waals surface area contributed by atoms with Gasteiger partial charge in [0.1, 0.15) is 11.6 Å². The fourth-order valence-electron chi connectivity index (χ4n) is 1.70. The van der Waals surface area contributed by atoms with Gasteiger partial charge < -0.3 is 10.1 Å². The molecule has 0 atom stereocenters. The number of rotatable bonds is 5. The number of anilines is 1. The molecule has 0 saturated carbocycles. The van der Waals surface area contributed by atoms with Crippen molar-refractivity contribution in [2.24, 2.45) is 0 Å². The van der Waals surface area contributed by atoms with E-state index in [4.69, 9.17) is 4.74 Å². The van der Waals surface area contributed by atoms with Crippen LogP contribution < -0.4 is 5.32 Å². The van der Waals surface area contributed by atoms with Gasteiger partial charge in [-0.3, -0.25) is 4.98 Å². The van der Waals surface area contributed by atoms with Crippen LogP contribution in [0, 0.1) is 0 Å². The number of aromatic nitrogens is 3. The molecule has 1 N–H and O–H groups in total. The predicted octanol–water partition coefficient (Wildman–Crippen LogP) is 2.41. The number of hydrogen-bond donors (Lipinski definition) is 1. The summed E-state index contributed by atoms with van der Waals surface area (Å²) in [5.41, 5.74) is 1.97. The number of methoxy groups -OCH3 is 1. The second-order valence-corrected chi connectivity index (χ2v) is 4.76. The summed E-state index contributed by atoms with van der Waals surface area (Å²) in [6, 6.07) is 3.92. The van der Waals surface area contributed by atoms with Gasteiger partial charge in [0, 0.05) is 33.0 Å². The third-order valence-electron chi connectivity index (χ3n) is 2.60. The lowest BCUT2D eigenvalue weighted by Crippen LogP contribution is -2.07. The van der Waals surface area contributed by atoms with Crippen molar-refractivity contribution >= 4 is 21.7 Å². The Hall–Kier alpha value is -1.53. The molecule has 0 saturated heterocycles. The molecule has 2 rings (SSSR count). The first-order valence-electron chi connectivity index (χ1n) is 5.85. The molecule has 5 nitrogen and oxygen atoms in total. The zero-order valence-electron chi connectivity index (χ0n) is 10.9. The van der Waals surface area contributed by atoms with Crippen LogP contribution in [0.5, 0.6) is 0 Å². The monoisotopic (exact) mass is 322 g/mol. The fraction of sp³-hybridized carbons (Fsp3) is 0.308. The molecule has 0 aliphatic heterocycles. The molecule has 0 aromatic carbocycles. The Morgan fingerprint density at radius 3 is 2.63 bits per heavy atom. The van der Waals surface area contributed by atoms with Crippen LogP contribution in [0.15, 0.2) is 29.0 Å². The Labute approximate surface area is 120 Å². The smallest absolute Gasteiger partial charge is 0.144 e. The van der Waals surface area contributed by atoms with Crippen molar-refractivity contribution < 1.29 is 4.74 Å². The fourth-order valence-corrected chi connectivity index (χ4v) is 2.19. The average molecular weight is 323 g/mol. The average Bonchev–Trinajstić information content (AvgIpc) is 2.43. The Kier molecular flexibility index (Phi) is 4.81. The van der Waals surface area contributed by atoms with E-state index in [2.05, 4.69) is 36.2 Å². The highest BCUT2D eigenvalue weighted by molar-refractivity contribution is 9.10. The second kappa shape index (κ2) is 6.58. The highest BCUT2D eigenvalue weighted by Crippen LogP contribution is 2.24. The van der Waals surface area contributed by atoms with Crippen LogP contribution >= 0.6 is 15.9 Å². The normalized spacial score (nSPS) is 10.5.